The van der Waals surface area contributed by atoms with E-state index in [1.807, 2.05) is 30.2 Å². The lowest BCUT2D eigenvalue weighted by Gasteiger charge is -2.32. The van der Waals surface area contributed by atoms with Gasteiger partial charge in [0.15, 0.2) is 5.96 Å². The molecule has 1 aromatic heterocycles. The quantitative estimate of drug-likeness (QED) is 0.626. The molecule has 1 saturated carbocycles. The molecule has 0 aromatic carbocycles. The second-order valence-electron chi connectivity index (χ2n) is 7.29. The van der Waals surface area contributed by atoms with Crippen LogP contribution < -0.4 is 10.6 Å². The topological polar surface area (TPSA) is 54.2 Å². The predicted molar refractivity (Wildman–Crippen MR) is 96.5 cm³/mol. The smallest absolute Gasteiger partial charge is 0.191 e. The fourth-order valence-corrected chi connectivity index (χ4v) is 3.38. The van der Waals surface area contributed by atoms with Gasteiger partial charge in [0.25, 0.3) is 0 Å². The molecule has 1 aromatic rings. The molecule has 0 bridgehead atoms. The summed E-state index contributed by atoms with van der Waals surface area (Å²) in [6.07, 6.45) is 9.02. The maximum absolute atomic E-state index is 4.38. The SMILES string of the molecule is CN=C(NCC(C)Cn1cccn1)NC1CCC(C(C)C)CC1. The minimum atomic E-state index is 0.505. The fourth-order valence-electron chi connectivity index (χ4n) is 3.38. The first-order valence-corrected chi connectivity index (χ1v) is 9.03. The van der Waals surface area contributed by atoms with Crippen molar-refractivity contribution in [2.75, 3.05) is 13.6 Å². The molecule has 5 nitrogen and oxygen atoms in total. The van der Waals surface area contributed by atoms with Gasteiger partial charge in [0.05, 0.1) is 0 Å². The molecule has 1 fully saturated rings. The Kier molecular flexibility index (Phi) is 6.93. The zero-order valence-corrected chi connectivity index (χ0v) is 15.1. The van der Waals surface area contributed by atoms with Crippen molar-refractivity contribution in [2.24, 2.45) is 22.7 Å². The third-order valence-corrected chi connectivity index (χ3v) is 4.95. The molecule has 0 saturated heterocycles. The van der Waals surface area contributed by atoms with Gasteiger partial charge in [0, 0.05) is 38.6 Å². The first-order valence-electron chi connectivity index (χ1n) is 9.03. The van der Waals surface area contributed by atoms with E-state index in [2.05, 4.69) is 41.5 Å². The maximum Gasteiger partial charge on any atom is 0.191 e. The van der Waals surface area contributed by atoms with E-state index in [1.54, 1.807) is 0 Å². The molecule has 1 heterocycles. The van der Waals surface area contributed by atoms with Crippen LogP contribution in [-0.2, 0) is 6.54 Å². The molecule has 0 amide bonds. The van der Waals surface area contributed by atoms with Crippen LogP contribution in [0.5, 0.6) is 0 Å². The van der Waals surface area contributed by atoms with Gasteiger partial charge in [-0.05, 0) is 49.5 Å². The van der Waals surface area contributed by atoms with Gasteiger partial charge in [0.2, 0.25) is 0 Å². The summed E-state index contributed by atoms with van der Waals surface area (Å²) < 4.78 is 1.98. The zero-order chi connectivity index (χ0) is 16.7. The summed E-state index contributed by atoms with van der Waals surface area (Å²) in [6.45, 7) is 8.76. The van der Waals surface area contributed by atoms with Crippen molar-refractivity contribution in [1.29, 1.82) is 0 Å². The number of hydrogen-bond acceptors (Lipinski definition) is 2. The Labute approximate surface area is 141 Å². The van der Waals surface area contributed by atoms with E-state index in [1.165, 1.54) is 25.7 Å². The minimum Gasteiger partial charge on any atom is -0.356 e. The lowest BCUT2D eigenvalue weighted by atomic mass is 9.80. The normalized spacial score (nSPS) is 23.8. The number of hydrogen-bond donors (Lipinski definition) is 2. The van der Waals surface area contributed by atoms with E-state index in [0.29, 0.717) is 12.0 Å². The van der Waals surface area contributed by atoms with E-state index in [-0.39, 0.29) is 0 Å². The van der Waals surface area contributed by atoms with Crippen molar-refractivity contribution in [3.05, 3.63) is 18.5 Å². The van der Waals surface area contributed by atoms with E-state index in [4.69, 9.17) is 0 Å². The molecule has 2 N–H and O–H groups in total. The van der Waals surface area contributed by atoms with Gasteiger partial charge >= 0.3 is 0 Å². The number of nitrogens with zero attached hydrogens (tertiary/aromatic N) is 3. The van der Waals surface area contributed by atoms with Gasteiger partial charge in [-0.2, -0.15) is 5.10 Å². The molecular formula is C18H33N5. The van der Waals surface area contributed by atoms with E-state index < -0.39 is 0 Å². The summed E-state index contributed by atoms with van der Waals surface area (Å²) in [5.74, 6) is 3.16. The van der Waals surface area contributed by atoms with Crippen molar-refractivity contribution >= 4 is 5.96 Å². The van der Waals surface area contributed by atoms with Crippen molar-refractivity contribution in [1.82, 2.24) is 20.4 Å². The Balaban J connectivity index is 1.69. The summed E-state index contributed by atoms with van der Waals surface area (Å²) in [6, 6.07) is 2.53. The van der Waals surface area contributed by atoms with E-state index >= 15 is 0 Å². The molecule has 0 radical (unpaired) electrons. The van der Waals surface area contributed by atoms with Crippen LogP contribution in [0.1, 0.15) is 46.5 Å². The van der Waals surface area contributed by atoms with Crippen LogP contribution in [-0.4, -0.2) is 35.4 Å². The third-order valence-electron chi connectivity index (χ3n) is 4.95. The van der Waals surface area contributed by atoms with E-state index in [0.717, 1.165) is 30.9 Å². The molecule has 2 rings (SSSR count). The van der Waals surface area contributed by atoms with Gasteiger partial charge in [-0.25, -0.2) is 0 Å². The highest BCUT2D eigenvalue weighted by atomic mass is 15.3. The Hall–Kier alpha value is -1.52. The number of guanidine groups is 1. The molecule has 0 aliphatic heterocycles. The van der Waals surface area contributed by atoms with Gasteiger partial charge in [0.1, 0.15) is 0 Å². The molecule has 130 valence electrons. The van der Waals surface area contributed by atoms with Crippen LogP contribution in [0.4, 0.5) is 0 Å². The van der Waals surface area contributed by atoms with Crippen molar-refractivity contribution in [2.45, 2.75) is 59.0 Å². The molecule has 1 atom stereocenters. The molecular weight excluding hydrogens is 286 g/mol. The summed E-state index contributed by atoms with van der Waals surface area (Å²) in [7, 11) is 1.85. The van der Waals surface area contributed by atoms with Crippen LogP contribution in [0.3, 0.4) is 0 Å². The van der Waals surface area contributed by atoms with Crippen LogP contribution in [0, 0.1) is 17.8 Å². The summed E-state index contributed by atoms with van der Waals surface area (Å²) >= 11 is 0. The Morgan fingerprint density at radius 2 is 2.00 bits per heavy atom. The molecule has 0 spiro atoms. The molecule has 1 aliphatic carbocycles. The molecule has 1 unspecified atom stereocenters. The average molecular weight is 319 g/mol. The van der Waals surface area contributed by atoms with Gasteiger partial charge in [-0.1, -0.05) is 20.8 Å². The molecule has 5 heteroatoms. The summed E-state index contributed by atoms with van der Waals surface area (Å²) in [4.78, 5) is 4.38. The monoisotopic (exact) mass is 319 g/mol. The first kappa shape index (κ1) is 17.8. The van der Waals surface area contributed by atoms with Crippen LogP contribution in [0.2, 0.25) is 0 Å². The lowest BCUT2D eigenvalue weighted by molar-refractivity contribution is 0.250. The number of aliphatic imine (C=N–C) groups is 1. The van der Waals surface area contributed by atoms with Gasteiger partial charge in [-0.3, -0.25) is 9.67 Å². The highest BCUT2D eigenvalue weighted by Crippen LogP contribution is 2.29. The van der Waals surface area contributed by atoms with Crippen LogP contribution in [0.15, 0.2) is 23.5 Å². The summed E-state index contributed by atoms with van der Waals surface area (Å²) in [5.41, 5.74) is 0. The molecule has 23 heavy (non-hydrogen) atoms. The second kappa shape index (κ2) is 8.94. The highest BCUT2D eigenvalue weighted by Gasteiger charge is 2.23. The van der Waals surface area contributed by atoms with Gasteiger partial charge < -0.3 is 10.6 Å². The third kappa shape index (κ3) is 5.88. The Bertz CT molecular complexity index is 458. The van der Waals surface area contributed by atoms with Crippen molar-refractivity contribution in [3.8, 4) is 0 Å². The average Bonchev–Trinajstić information content (AvgIpc) is 3.04. The highest BCUT2D eigenvalue weighted by molar-refractivity contribution is 5.79. The van der Waals surface area contributed by atoms with Crippen LogP contribution in [0.25, 0.3) is 0 Å². The van der Waals surface area contributed by atoms with Crippen LogP contribution >= 0.6 is 0 Å². The fraction of sp³-hybridized carbons (Fsp3) is 0.778. The minimum absolute atomic E-state index is 0.505. The first-order chi connectivity index (χ1) is 11.1. The Morgan fingerprint density at radius 1 is 1.26 bits per heavy atom. The standard InChI is InChI=1S/C18H33N5/c1-14(2)16-6-8-17(9-7-16)22-18(19-4)20-12-15(3)13-23-11-5-10-21-23/h5,10-11,14-17H,6-9,12-13H2,1-4H3,(H2,19,20,22). The molecule has 1 aliphatic rings. The van der Waals surface area contributed by atoms with Crippen molar-refractivity contribution < 1.29 is 0 Å². The second-order valence-corrected chi connectivity index (χ2v) is 7.29. The predicted octanol–water partition coefficient (Wildman–Crippen LogP) is 2.90. The van der Waals surface area contributed by atoms with Gasteiger partial charge in [-0.15, -0.1) is 0 Å². The number of aromatic nitrogens is 2. The van der Waals surface area contributed by atoms with E-state index in [9.17, 15) is 0 Å². The Morgan fingerprint density at radius 3 is 2.57 bits per heavy atom. The van der Waals surface area contributed by atoms with Crippen molar-refractivity contribution in [3.63, 3.8) is 0 Å². The number of nitrogens with one attached hydrogen (secondary N) is 2. The maximum atomic E-state index is 4.38. The zero-order valence-electron chi connectivity index (χ0n) is 15.1. The summed E-state index contributed by atoms with van der Waals surface area (Å²) in [5, 5.41) is 11.3. The largest absolute Gasteiger partial charge is 0.356 e. The number of rotatable bonds is 6. The lowest BCUT2D eigenvalue weighted by Crippen LogP contribution is -2.46.